The topological polar surface area (TPSA) is 123 Å². The van der Waals surface area contributed by atoms with Crippen LogP contribution in [0.1, 0.15) is 35.5 Å². The number of esters is 1. The first-order valence-electron chi connectivity index (χ1n) is 13.2. The minimum Gasteiger partial charge on any atom is -0.497 e. The van der Waals surface area contributed by atoms with Crippen LogP contribution < -0.4 is 14.9 Å². The molecule has 0 saturated carbocycles. The number of methoxy groups -OCH3 is 1. The Balaban J connectivity index is 1.43. The smallest absolute Gasteiger partial charge is 0.336 e. The first-order valence-corrected chi connectivity index (χ1v) is 13.6. The van der Waals surface area contributed by atoms with E-state index in [2.05, 4.69) is 10.6 Å². The van der Waals surface area contributed by atoms with E-state index in [1.165, 1.54) is 11.1 Å². The molecule has 11 heteroatoms. The molecule has 220 valence electrons. The third-order valence-corrected chi connectivity index (χ3v) is 6.26. The van der Waals surface area contributed by atoms with Crippen molar-refractivity contribution in [3.63, 3.8) is 0 Å². The summed E-state index contributed by atoms with van der Waals surface area (Å²) in [5, 5.41) is 16.3. The van der Waals surface area contributed by atoms with E-state index in [4.69, 9.17) is 30.3 Å². The summed E-state index contributed by atoms with van der Waals surface area (Å²) >= 11 is 6.12. The summed E-state index contributed by atoms with van der Waals surface area (Å²) < 4.78 is 21.1. The first kappa shape index (κ1) is 30.6. The van der Waals surface area contributed by atoms with Gasteiger partial charge in [-0.3, -0.25) is 10.2 Å². The Hall–Kier alpha value is -4.38. The Morgan fingerprint density at radius 2 is 1.71 bits per heavy atom. The van der Waals surface area contributed by atoms with E-state index in [9.17, 15) is 14.7 Å². The minimum atomic E-state index is -1.50. The van der Waals surface area contributed by atoms with Gasteiger partial charge >= 0.3 is 11.9 Å². The van der Waals surface area contributed by atoms with Gasteiger partial charge in [0.15, 0.2) is 6.10 Å². The number of carbonyl (C=O) groups is 2. The van der Waals surface area contributed by atoms with Crippen molar-refractivity contribution >= 4 is 23.5 Å². The molecule has 1 amide bonds. The molecule has 0 bridgehead atoms. The van der Waals surface area contributed by atoms with Gasteiger partial charge in [0.1, 0.15) is 12.4 Å². The van der Waals surface area contributed by atoms with Gasteiger partial charge in [-0.25, -0.2) is 9.80 Å². The second kappa shape index (κ2) is 14.5. The number of aromatic nitrogens is 1. The van der Waals surface area contributed by atoms with Crippen LogP contribution in [0.3, 0.4) is 0 Å². The molecule has 1 atom stereocenters. The van der Waals surface area contributed by atoms with Crippen molar-refractivity contribution in [2.75, 3.05) is 13.7 Å². The average Bonchev–Trinajstić information content (AvgIpc) is 3.46. The maximum Gasteiger partial charge on any atom is 0.336 e. The van der Waals surface area contributed by atoms with Gasteiger partial charge in [0.2, 0.25) is 5.76 Å². The van der Waals surface area contributed by atoms with Gasteiger partial charge in [0.25, 0.3) is 5.88 Å². The summed E-state index contributed by atoms with van der Waals surface area (Å²) in [6.45, 7) is 3.51. The van der Waals surface area contributed by atoms with Crippen LogP contribution in [0.4, 0.5) is 0 Å². The van der Waals surface area contributed by atoms with Crippen molar-refractivity contribution in [1.29, 1.82) is 0 Å². The molecule has 0 fully saturated rings. The molecule has 0 radical (unpaired) electrons. The normalized spacial score (nSPS) is 11.8. The Morgan fingerprint density at radius 1 is 1.00 bits per heavy atom. The number of ether oxygens (including phenoxy) is 3. The third-order valence-electron chi connectivity index (χ3n) is 6.02. The number of nitrogens with zero attached hydrogens (tertiary/aromatic N) is 2. The van der Waals surface area contributed by atoms with Gasteiger partial charge in [-0.05, 0) is 65.5 Å². The standard InChI is InChI=1S/C31H32ClN3O7/c1-20(2)41-31(38)27(36)18-35(17-21-7-11-23(12-8-21)24-5-4-6-25(32)15-24)33-30(37)28-16-29(34-42-28)40-19-22-9-13-26(39-3)14-10-22/h4-16,20,27,36H,17-19H2,1-3H3,(H,33,37). The highest BCUT2D eigenvalue weighted by molar-refractivity contribution is 6.30. The van der Waals surface area contributed by atoms with Gasteiger partial charge in [-0.1, -0.05) is 60.1 Å². The van der Waals surface area contributed by atoms with Crippen LogP contribution in [-0.4, -0.2) is 53.0 Å². The Bertz CT molecular complexity index is 1470. The zero-order chi connectivity index (χ0) is 30.1. The van der Waals surface area contributed by atoms with Crippen molar-refractivity contribution in [2.45, 2.75) is 39.2 Å². The van der Waals surface area contributed by atoms with E-state index in [0.29, 0.717) is 5.02 Å². The van der Waals surface area contributed by atoms with E-state index in [-0.39, 0.29) is 31.3 Å². The van der Waals surface area contributed by atoms with Crippen LogP contribution in [0.2, 0.25) is 5.02 Å². The highest BCUT2D eigenvalue weighted by atomic mass is 35.5. The lowest BCUT2D eigenvalue weighted by molar-refractivity contribution is -0.158. The second-order valence-corrected chi connectivity index (χ2v) is 10.1. The maximum absolute atomic E-state index is 13.0. The molecule has 0 aliphatic carbocycles. The number of hydrogen-bond donors (Lipinski definition) is 2. The van der Waals surface area contributed by atoms with Gasteiger partial charge in [0, 0.05) is 11.6 Å². The summed E-state index contributed by atoms with van der Waals surface area (Å²) in [6.07, 6.45) is -1.91. The van der Waals surface area contributed by atoms with Crippen LogP contribution in [0.15, 0.2) is 83.4 Å². The van der Waals surface area contributed by atoms with E-state index in [0.717, 1.165) is 28.0 Å². The molecule has 42 heavy (non-hydrogen) atoms. The largest absolute Gasteiger partial charge is 0.497 e. The van der Waals surface area contributed by atoms with Crippen molar-refractivity contribution < 1.29 is 33.4 Å². The van der Waals surface area contributed by atoms with E-state index >= 15 is 0 Å². The highest BCUT2D eigenvalue weighted by Crippen LogP contribution is 2.23. The monoisotopic (exact) mass is 593 g/mol. The molecule has 1 unspecified atom stereocenters. The van der Waals surface area contributed by atoms with Crippen molar-refractivity contribution in [3.05, 3.63) is 101 Å². The second-order valence-electron chi connectivity index (χ2n) is 9.70. The maximum atomic E-state index is 13.0. The zero-order valence-corrected chi connectivity index (χ0v) is 24.2. The number of carbonyl (C=O) groups excluding carboxylic acids is 2. The number of aliphatic hydroxyl groups excluding tert-OH is 1. The number of halogens is 1. The molecule has 0 spiro atoms. The fraction of sp³-hybridized carbons (Fsp3) is 0.258. The predicted octanol–water partition coefficient (Wildman–Crippen LogP) is 5.04. The first-order chi connectivity index (χ1) is 20.2. The molecule has 0 saturated heterocycles. The van der Waals surface area contributed by atoms with Gasteiger partial charge in [-0.2, -0.15) is 0 Å². The van der Waals surface area contributed by atoms with E-state index in [1.807, 2.05) is 66.7 Å². The van der Waals surface area contributed by atoms with Crippen molar-refractivity contribution in [3.8, 4) is 22.8 Å². The number of rotatable bonds is 13. The molecule has 3 aromatic carbocycles. The summed E-state index contributed by atoms with van der Waals surface area (Å²) in [5.74, 6) is -0.695. The minimum absolute atomic E-state index is 0.111. The number of benzene rings is 3. The molecule has 1 heterocycles. The van der Waals surface area contributed by atoms with Crippen LogP contribution >= 0.6 is 11.6 Å². The summed E-state index contributed by atoms with van der Waals surface area (Å²) in [5.41, 5.74) is 6.29. The van der Waals surface area contributed by atoms with Crippen LogP contribution in [0.5, 0.6) is 11.6 Å². The number of hydrogen-bond acceptors (Lipinski definition) is 9. The number of amides is 1. The molecular formula is C31H32ClN3O7. The SMILES string of the molecule is COc1ccc(COc2cc(C(=O)NN(Cc3ccc(-c4cccc(Cl)c4)cc3)CC(O)C(=O)OC(C)C)on2)cc1. The number of hydrazine groups is 1. The van der Waals surface area contributed by atoms with Crippen LogP contribution in [-0.2, 0) is 22.7 Å². The number of aliphatic hydroxyl groups is 1. The third kappa shape index (κ3) is 8.81. The zero-order valence-electron chi connectivity index (χ0n) is 23.5. The van der Waals surface area contributed by atoms with E-state index in [1.54, 1.807) is 27.0 Å². The van der Waals surface area contributed by atoms with Crippen molar-refractivity contribution in [1.82, 2.24) is 15.6 Å². The highest BCUT2D eigenvalue weighted by Gasteiger charge is 2.24. The van der Waals surface area contributed by atoms with Crippen LogP contribution in [0.25, 0.3) is 11.1 Å². The Labute approximate surface area is 248 Å². The summed E-state index contributed by atoms with van der Waals surface area (Å²) in [6, 6.07) is 23.8. The molecule has 1 aromatic heterocycles. The van der Waals surface area contributed by atoms with Gasteiger partial charge in [0.05, 0.1) is 25.8 Å². The van der Waals surface area contributed by atoms with Gasteiger partial charge in [-0.15, -0.1) is 0 Å². The molecular weight excluding hydrogens is 562 g/mol. The average molecular weight is 594 g/mol. The Kier molecular flexibility index (Phi) is 10.6. The molecule has 2 N–H and O–H groups in total. The van der Waals surface area contributed by atoms with Crippen LogP contribution in [0, 0.1) is 0 Å². The lowest BCUT2D eigenvalue weighted by Gasteiger charge is -2.25. The van der Waals surface area contributed by atoms with Gasteiger partial charge < -0.3 is 23.8 Å². The fourth-order valence-corrected chi connectivity index (χ4v) is 4.14. The molecule has 10 nitrogen and oxygen atoms in total. The molecule has 4 rings (SSSR count). The quantitative estimate of drug-likeness (QED) is 0.162. The molecule has 4 aromatic rings. The Morgan fingerprint density at radius 3 is 2.38 bits per heavy atom. The fourth-order valence-electron chi connectivity index (χ4n) is 3.95. The predicted molar refractivity (Wildman–Crippen MR) is 156 cm³/mol. The molecule has 0 aliphatic heterocycles. The van der Waals surface area contributed by atoms with E-state index < -0.39 is 24.1 Å². The number of nitrogens with one attached hydrogen (secondary N) is 1. The summed E-state index contributed by atoms with van der Waals surface area (Å²) in [7, 11) is 1.59. The lowest BCUT2D eigenvalue weighted by Crippen LogP contribution is -2.47. The molecule has 0 aliphatic rings. The van der Waals surface area contributed by atoms with Crippen molar-refractivity contribution in [2.24, 2.45) is 0 Å². The summed E-state index contributed by atoms with van der Waals surface area (Å²) in [4.78, 5) is 25.3. The lowest BCUT2D eigenvalue weighted by atomic mass is 10.0.